The number of carbonyl (C=O) groups excluding carboxylic acids is 1. The lowest BCUT2D eigenvalue weighted by molar-refractivity contribution is -0.402. The summed E-state index contributed by atoms with van der Waals surface area (Å²) in [5.41, 5.74) is 0.692. The molecule has 98 valence electrons. The minimum atomic E-state index is -0.695. The van der Waals surface area contributed by atoms with Crippen molar-refractivity contribution in [3.05, 3.63) is 58.1 Å². The largest absolute Gasteiger partial charge is 0.433 e. The third-order valence-electron chi connectivity index (χ3n) is 2.47. The van der Waals surface area contributed by atoms with Gasteiger partial charge in [0.2, 0.25) is 0 Å². The molecule has 7 nitrogen and oxygen atoms in total. The molecular weight excluding hydrogens is 250 g/mol. The molecule has 0 aromatic carbocycles. The Labute approximate surface area is 108 Å². The SMILES string of the molecule is CC(NC(=O)c1ccc([N+](=O)[O-])o1)c1ccccn1. The summed E-state index contributed by atoms with van der Waals surface area (Å²) in [4.78, 5) is 25.7. The summed E-state index contributed by atoms with van der Waals surface area (Å²) in [7, 11) is 0. The number of pyridine rings is 1. The molecule has 0 bridgehead atoms. The monoisotopic (exact) mass is 261 g/mol. The lowest BCUT2D eigenvalue weighted by Gasteiger charge is -2.11. The molecule has 7 heteroatoms. The summed E-state index contributed by atoms with van der Waals surface area (Å²) < 4.78 is 4.81. The minimum Gasteiger partial charge on any atom is -0.395 e. The van der Waals surface area contributed by atoms with Crippen LogP contribution in [0.25, 0.3) is 0 Å². The zero-order valence-corrected chi connectivity index (χ0v) is 10.1. The molecule has 2 rings (SSSR count). The van der Waals surface area contributed by atoms with Crippen LogP contribution in [0.1, 0.15) is 29.2 Å². The van der Waals surface area contributed by atoms with Crippen LogP contribution in [0, 0.1) is 10.1 Å². The van der Waals surface area contributed by atoms with Crippen molar-refractivity contribution in [1.82, 2.24) is 10.3 Å². The van der Waals surface area contributed by atoms with Crippen molar-refractivity contribution in [1.29, 1.82) is 0 Å². The fourth-order valence-electron chi connectivity index (χ4n) is 1.52. The van der Waals surface area contributed by atoms with Crippen LogP contribution >= 0.6 is 0 Å². The van der Waals surface area contributed by atoms with E-state index in [0.717, 1.165) is 6.07 Å². The number of nitrogens with zero attached hydrogens (tertiary/aromatic N) is 2. The van der Waals surface area contributed by atoms with Crippen LogP contribution in [0.15, 0.2) is 40.9 Å². The molecule has 19 heavy (non-hydrogen) atoms. The van der Waals surface area contributed by atoms with E-state index in [4.69, 9.17) is 4.42 Å². The van der Waals surface area contributed by atoms with E-state index in [1.807, 2.05) is 6.07 Å². The predicted molar refractivity (Wildman–Crippen MR) is 65.5 cm³/mol. The third kappa shape index (κ3) is 2.95. The Morgan fingerprint density at radius 1 is 1.42 bits per heavy atom. The number of hydrogen-bond acceptors (Lipinski definition) is 5. The Balaban J connectivity index is 2.06. The van der Waals surface area contributed by atoms with E-state index in [1.54, 1.807) is 25.3 Å². The van der Waals surface area contributed by atoms with Crippen molar-refractivity contribution in [2.24, 2.45) is 0 Å². The normalized spacial score (nSPS) is 11.8. The highest BCUT2D eigenvalue weighted by atomic mass is 16.6. The van der Waals surface area contributed by atoms with Gasteiger partial charge in [-0.25, -0.2) is 0 Å². The van der Waals surface area contributed by atoms with Gasteiger partial charge in [-0.05, 0) is 25.1 Å². The number of nitrogens with one attached hydrogen (secondary N) is 1. The van der Waals surface area contributed by atoms with E-state index >= 15 is 0 Å². The molecule has 1 atom stereocenters. The average Bonchev–Trinajstić information content (AvgIpc) is 2.89. The van der Waals surface area contributed by atoms with Gasteiger partial charge in [0.25, 0.3) is 5.91 Å². The Morgan fingerprint density at radius 2 is 2.21 bits per heavy atom. The van der Waals surface area contributed by atoms with Gasteiger partial charge >= 0.3 is 5.88 Å². The first-order valence-corrected chi connectivity index (χ1v) is 5.54. The first-order chi connectivity index (χ1) is 9.08. The third-order valence-corrected chi connectivity index (χ3v) is 2.47. The van der Waals surface area contributed by atoms with Gasteiger partial charge in [0.1, 0.15) is 4.92 Å². The Kier molecular flexibility index (Phi) is 3.56. The molecule has 1 unspecified atom stereocenters. The molecule has 0 aliphatic carbocycles. The second kappa shape index (κ2) is 5.30. The summed E-state index contributed by atoms with van der Waals surface area (Å²) in [5, 5.41) is 13.1. The highest BCUT2D eigenvalue weighted by Crippen LogP contribution is 2.16. The van der Waals surface area contributed by atoms with E-state index in [-0.39, 0.29) is 11.8 Å². The molecule has 2 aromatic heterocycles. The smallest absolute Gasteiger partial charge is 0.395 e. The van der Waals surface area contributed by atoms with Crippen molar-refractivity contribution in [2.75, 3.05) is 0 Å². The Morgan fingerprint density at radius 3 is 2.79 bits per heavy atom. The lowest BCUT2D eigenvalue weighted by atomic mass is 10.2. The fraction of sp³-hybridized carbons (Fsp3) is 0.167. The molecule has 0 aliphatic rings. The quantitative estimate of drug-likeness (QED) is 0.671. The van der Waals surface area contributed by atoms with Crippen molar-refractivity contribution in [3.63, 3.8) is 0 Å². The van der Waals surface area contributed by atoms with Crippen molar-refractivity contribution in [3.8, 4) is 0 Å². The first kappa shape index (κ1) is 12.7. The molecule has 1 N–H and O–H groups in total. The van der Waals surface area contributed by atoms with Gasteiger partial charge in [0.05, 0.1) is 17.8 Å². The summed E-state index contributed by atoms with van der Waals surface area (Å²) in [6, 6.07) is 7.43. The number of aromatic nitrogens is 1. The number of hydrogen-bond donors (Lipinski definition) is 1. The number of nitro groups is 1. The molecule has 0 radical (unpaired) electrons. The highest BCUT2D eigenvalue weighted by Gasteiger charge is 2.19. The number of carbonyl (C=O) groups is 1. The van der Waals surface area contributed by atoms with E-state index in [9.17, 15) is 14.9 Å². The maximum absolute atomic E-state index is 11.8. The van der Waals surface area contributed by atoms with Crippen LogP contribution in [0.4, 0.5) is 5.88 Å². The van der Waals surface area contributed by atoms with Crippen LogP contribution in [-0.4, -0.2) is 15.8 Å². The summed E-state index contributed by atoms with van der Waals surface area (Å²) in [6.45, 7) is 1.76. The maximum Gasteiger partial charge on any atom is 0.433 e. The minimum absolute atomic E-state index is 0.102. The van der Waals surface area contributed by atoms with Gasteiger partial charge in [0.15, 0.2) is 5.76 Å². The molecule has 0 saturated heterocycles. The van der Waals surface area contributed by atoms with Crippen molar-refractivity contribution < 1.29 is 14.1 Å². The molecule has 0 fully saturated rings. The van der Waals surface area contributed by atoms with E-state index in [1.165, 1.54) is 6.07 Å². The molecule has 1 amide bonds. The maximum atomic E-state index is 11.8. The zero-order valence-electron chi connectivity index (χ0n) is 10.1. The van der Waals surface area contributed by atoms with Crippen LogP contribution in [0.2, 0.25) is 0 Å². The molecule has 2 aromatic rings. The lowest BCUT2D eigenvalue weighted by Crippen LogP contribution is -2.26. The Bertz CT molecular complexity index is 594. The van der Waals surface area contributed by atoms with Gasteiger partial charge in [-0.1, -0.05) is 6.07 Å². The van der Waals surface area contributed by atoms with Crippen molar-refractivity contribution in [2.45, 2.75) is 13.0 Å². The van der Waals surface area contributed by atoms with Gasteiger partial charge in [-0.2, -0.15) is 0 Å². The van der Waals surface area contributed by atoms with Crippen LogP contribution in [-0.2, 0) is 0 Å². The Hall–Kier alpha value is -2.70. The first-order valence-electron chi connectivity index (χ1n) is 5.54. The predicted octanol–water partition coefficient (Wildman–Crippen LogP) is 2.07. The second-order valence-electron chi connectivity index (χ2n) is 3.84. The molecule has 0 aliphatic heterocycles. The standard InChI is InChI=1S/C12H11N3O4/c1-8(9-4-2-3-7-13-9)14-12(16)10-5-6-11(19-10)15(17)18/h2-8H,1H3,(H,14,16). The summed E-state index contributed by atoms with van der Waals surface area (Å²) >= 11 is 0. The molecular formula is C12H11N3O4. The van der Waals surface area contributed by atoms with Gasteiger partial charge in [-0.3, -0.25) is 19.9 Å². The topological polar surface area (TPSA) is 98.3 Å². The van der Waals surface area contributed by atoms with E-state index in [0.29, 0.717) is 5.69 Å². The van der Waals surface area contributed by atoms with Crippen LogP contribution in [0.5, 0.6) is 0 Å². The number of furan rings is 1. The van der Waals surface area contributed by atoms with E-state index < -0.39 is 16.7 Å². The number of amides is 1. The highest BCUT2D eigenvalue weighted by molar-refractivity contribution is 5.91. The van der Waals surface area contributed by atoms with Gasteiger partial charge in [-0.15, -0.1) is 0 Å². The summed E-state index contributed by atoms with van der Waals surface area (Å²) in [5.74, 6) is -1.09. The van der Waals surface area contributed by atoms with Gasteiger partial charge in [0, 0.05) is 6.20 Å². The molecule has 2 heterocycles. The van der Waals surface area contributed by atoms with Gasteiger partial charge < -0.3 is 9.73 Å². The van der Waals surface area contributed by atoms with E-state index in [2.05, 4.69) is 10.3 Å². The second-order valence-corrected chi connectivity index (χ2v) is 3.84. The zero-order chi connectivity index (χ0) is 13.8. The molecule has 0 saturated carbocycles. The number of rotatable bonds is 4. The van der Waals surface area contributed by atoms with Crippen LogP contribution in [0.3, 0.4) is 0 Å². The fourth-order valence-corrected chi connectivity index (χ4v) is 1.52. The van der Waals surface area contributed by atoms with Crippen LogP contribution < -0.4 is 5.32 Å². The average molecular weight is 261 g/mol. The molecule has 0 spiro atoms. The van der Waals surface area contributed by atoms with Crippen molar-refractivity contribution >= 4 is 11.8 Å². The summed E-state index contributed by atoms with van der Waals surface area (Å²) in [6.07, 6.45) is 1.62.